The number of anilines is 1. The van der Waals surface area contributed by atoms with Gasteiger partial charge in [0.25, 0.3) is 11.5 Å². The zero-order valence-electron chi connectivity index (χ0n) is 13.5. The van der Waals surface area contributed by atoms with Crippen molar-refractivity contribution in [3.63, 3.8) is 0 Å². The molecule has 3 rings (SSSR count). The molecular weight excluding hydrogens is 360 g/mol. The van der Waals surface area contributed by atoms with E-state index in [1.165, 1.54) is 6.33 Å². The van der Waals surface area contributed by atoms with E-state index in [1.54, 1.807) is 24.3 Å². The number of benzene rings is 1. The van der Waals surface area contributed by atoms with Gasteiger partial charge in [0, 0.05) is 10.6 Å². The molecule has 136 valence electrons. The summed E-state index contributed by atoms with van der Waals surface area (Å²) in [5, 5.41) is 26.6. The number of amides is 1. The highest BCUT2D eigenvalue weighted by Crippen LogP contribution is 2.19. The summed E-state index contributed by atoms with van der Waals surface area (Å²) in [4.78, 5) is 29.9. The number of aliphatic hydroxyl groups is 2. The summed E-state index contributed by atoms with van der Waals surface area (Å²) in [6.45, 7) is -0.650. The third kappa shape index (κ3) is 3.63. The Hall–Kier alpha value is -2.66. The number of carbonyl (C=O) groups excluding carboxylic acids is 1. The van der Waals surface area contributed by atoms with Gasteiger partial charge in [-0.25, -0.2) is 4.98 Å². The lowest BCUT2D eigenvalue weighted by Gasteiger charge is -2.09. The normalized spacial score (nSPS) is 12.3. The van der Waals surface area contributed by atoms with Gasteiger partial charge >= 0.3 is 0 Å². The Balaban J connectivity index is 1.92. The van der Waals surface area contributed by atoms with Crippen LogP contribution in [0.4, 0.5) is 5.69 Å². The highest BCUT2D eigenvalue weighted by molar-refractivity contribution is 7.97. The first kappa shape index (κ1) is 18.1. The van der Waals surface area contributed by atoms with Crippen molar-refractivity contribution in [3.05, 3.63) is 52.8 Å². The number of nitrogens with zero attached hydrogens (tertiary/aromatic N) is 2. The van der Waals surface area contributed by atoms with E-state index in [2.05, 4.69) is 10.3 Å². The minimum atomic E-state index is -1.12. The van der Waals surface area contributed by atoms with Crippen LogP contribution in [-0.4, -0.2) is 38.4 Å². The van der Waals surface area contributed by atoms with Crippen molar-refractivity contribution < 1.29 is 19.4 Å². The number of nitrogens with two attached hydrogens (primary N) is 1. The fraction of sp³-hybridized carbons (Fsp3) is 0.188. The molecule has 5 N–H and O–H groups in total. The van der Waals surface area contributed by atoms with Gasteiger partial charge in [0.2, 0.25) is 5.71 Å². The van der Waals surface area contributed by atoms with Crippen LogP contribution in [0.15, 0.2) is 51.0 Å². The van der Waals surface area contributed by atoms with Gasteiger partial charge in [-0.2, -0.15) is 0 Å². The molecule has 0 aliphatic heterocycles. The predicted molar refractivity (Wildman–Crippen MR) is 95.8 cm³/mol. The fourth-order valence-electron chi connectivity index (χ4n) is 2.36. The monoisotopic (exact) mass is 376 g/mol. The molecule has 1 unspecified atom stereocenters. The zero-order chi connectivity index (χ0) is 18.7. The molecule has 26 heavy (non-hydrogen) atoms. The summed E-state index contributed by atoms with van der Waals surface area (Å²) in [5.41, 5.74) is 0.0331. The summed E-state index contributed by atoms with van der Waals surface area (Å²) in [5.74, 6) is -0.531. The number of fused-ring (bicyclic) bond motifs is 1. The van der Waals surface area contributed by atoms with E-state index >= 15 is 0 Å². The van der Waals surface area contributed by atoms with Crippen LogP contribution in [-0.2, 0) is 6.54 Å². The van der Waals surface area contributed by atoms with Crippen molar-refractivity contribution >= 4 is 34.6 Å². The third-order valence-corrected chi connectivity index (χ3v) is 4.22. The Kier molecular flexibility index (Phi) is 5.38. The summed E-state index contributed by atoms with van der Waals surface area (Å²) in [6.07, 6.45) is 1.23. The molecule has 0 fully saturated rings. The van der Waals surface area contributed by atoms with E-state index in [0.29, 0.717) is 5.69 Å². The average Bonchev–Trinajstić information content (AvgIpc) is 3.09. The number of carbonyl (C=O) groups is 1. The molecule has 0 saturated carbocycles. The third-order valence-electron chi connectivity index (χ3n) is 3.67. The van der Waals surface area contributed by atoms with E-state index in [0.717, 1.165) is 27.7 Å². The van der Waals surface area contributed by atoms with Gasteiger partial charge in [-0.1, -0.05) is 0 Å². The zero-order valence-corrected chi connectivity index (χ0v) is 14.3. The van der Waals surface area contributed by atoms with Crippen LogP contribution in [0.1, 0.15) is 10.4 Å². The molecular formula is C16H16N4O5S. The maximum absolute atomic E-state index is 12.6. The SMILES string of the molecule is NSc1ccc(NC(=O)c2coc3ncn(CC(O)CO)c(=O)c23)cc1. The Morgan fingerprint density at radius 2 is 2.12 bits per heavy atom. The minimum absolute atomic E-state index is 0.00396. The fourth-order valence-corrected chi connectivity index (χ4v) is 2.66. The van der Waals surface area contributed by atoms with Gasteiger partial charge in [0.15, 0.2) is 0 Å². The first-order valence-electron chi connectivity index (χ1n) is 7.57. The summed E-state index contributed by atoms with van der Waals surface area (Å²) < 4.78 is 6.31. The Bertz CT molecular complexity index is 982. The lowest BCUT2D eigenvalue weighted by molar-refractivity contribution is 0.0802. The van der Waals surface area contributed by atoms with Crippen LogP contribution in [0.25, 0.3) is 11.1 Å². The highest BCUT2D eigenvalue weighted by Gasteiger charge is 2.20. The molecule has 0 saturated heterocycles. The van der Waals surface area contributed by atoms with E-state index in [9.17, 15) is 14.7 Å². The van der Waals surface area contributed by atoms with Crippen molar-refractivity contribution in [1.82, 2.24) is 9.55 Å². The standard InChI is InChI=1S/C16H16N4O5S/c17-26-11-3-1-9(2-4-11)19-14(23)12-7-25-15-13(12)16(24)20(8-18-15)5-10(22)6-21/h1-4,7-8,10,21-22H,5-6,17H2,(H,19,23). The second-order valence-electron chi connectivity index (χ2n) is 5.46. The van der Waals surface area contributed by atoms with Crippen LogP contribution < -0.4 is 16.0 Å². The van der Waals surface area contributed by atoms with Gasteiger partial charge in [-0.15, -0.1) is 0 Å². The number of hydrogen-bond acceptors (Lipinski definition) is 8. The first-order valence-corrected chi connectivity index (χ1v) is 8.45. The van der Waals surface area contributed by atoms with Crippen molar-refractivity contribution in [3.8, 4) is 0 Å². The van der Waals surface area contributed by atoms with Gasteiger partial charge in [0.05, 0.1) is 24.8 Å². The molecule has 0 bridgehead atoms. The largest absolute Gasteiger partial charge is 0.445 e. The van der Waals surface area contributed by atoms with Crippen LogP contribution >= 0.6 is 11.9 Å². The number of aliphatic hydroxyl groups excluding tert-OH is 2. The van der Waals surface area contributed by atoms with E-state index in [4.69, 9.17) is 14.7 Å². The number of furan rings is 1. The highest BCUT2D eigenvalue weighted by atomic mass is 32.2. The van der Waals surface area contributed by atoms with Crippen LogP contribution in [0, 0.1) is 0 Å². The average molecular weight is 376 g/mol. The number of rotatable bonds is 6. The summed E-state index contributed by atoms with van der Waals surface area (Å²) in [7, 11) is 0. The molecule has 0 spiro atoms. The van der Waals surface area contributed by atoms with Gasteiger partial charge in [-0.3, -0.25) is 19.3 Å². The minimum Gasteiger partial charge on any atom is -0.445 e. The maximum atomic E-state index is 12.6. The molecule has 1 amide bonds. The van der Waals surface area contributed by atoms with Crippen molar-refractivity contribution in [1.29, 1.82) is 0 Å². The molecule has 10 heteroatoms. The lowest BCUT2D eigenvalue weighted by atomic mass is 10.2. The first-order chi connectivity index (χ1) is 12.5. The molecule has 1 aromatic carbocycles. The van der Waals surface area contributed by atoms with Crippen molar-refractivity contribution in [2.75, 3.05) is 11.9 Å². The van der Waals surface area contributed by atoms with E-state index in [1.807, 2.05) is 0 Å². The predicted octanol–water partition coefficient (Wildman–Crippen LogP) is 0.561. The van der Waals surface area contributed by atoms with E-state index in [-0.39, 0.29) is 23.2 Å². The van der Waals surface area contributed by atoms with Crippen molar-refractivity contribution in [2.45, 2.75) is 17.5 Å². The van der Waals surface area contributed by atoms with Crippen molar-refractivity contribution in [2.24, 2.45) is 5.14 Å². The quantitative estimate of drug-likeness (QED) is 0.457. The smallest absolute Gasteiger partial charge is 0.265 e. The molecule has 9 nitrogen and oxygen atoms in total. The van der Waals surface area contributed by atoms with Gasteiger partial charge in [-0.05, 0) is 36.2 Å². The Labute approximate surface area is 151 Å². The topological polar surface area (TPSA) is 144 Å². The van der Waals surface area contributed by atoms with Crippen LogP contribution in [0.5, 0.6) is 0 Å². The van der Waals surface area contributed by atoms with Crippen LogP contribution in [0.2, 0.25) is 0 Å². The molecule has 2 heterocycles. The lowest BCUT2D eigenvalue weighted by Crippen LogP contribution is -2.29. The summed E-state index contributed by atoms with van der Waals surface area (Å²) in [6, 6.07) is 6.87. The molecule has 0 radical (unpaired) electrons. The second-order valence-corrected chi connectivity index (χ2v) is 6.17. The molecule has 1 atom stereocenters. The molecule has 2 aromatic heterocycles. The van der Waals surface area contributed by atoms with Gasteiger partial charge in [0.1, 0.15) is 18.0 Å². The number of aromatic nitrogens is 2. The van der Waals surface area contributed by atoms with E-state index < -0.39 is 24.2 Å². The summed E-state index contributed by atoms with van der Waals surface area (Å²) >= 11 is 1.09. The molecule has 0 aliphatic rings. The molecule has 0 aliphatic carbocycles. The Morgan fingerprint density at radius 1 is 1.38 bits per heavy atom. The van der Waals surface area contributed by atoms with Crippen LogP contribution in [0.3, 0.4) is 0 Å². The second kappa shape index (κ2) is 7.70. The maximum Gasteiger partial charge on any atom is 0.265 e. The Morgan fingerprint density at radius 3 is 2.77 bits per heavy atom. The number of nitrogens with one attached hydrogen (secondary N) is 1. The molecule has 3 aromatic rings. The number of hydrogen-bond donors (Lipinski definition) is 4. The van der Waals surface area contributed by atoms with Gasteiger partial charge < -0.3 is 19.9 Å².